The maximum atomic E-state index is 13.6. The third kappa shape index (κ3) is 4.90. The van der Waals surface area contributed by atoms with E-state index in [2.05, 4.69) is 29.3 Å². The van der Waals surface area contributed by atoms with Gasteiger partial charge < -0.3 is 10.2 Å². The summed E-state index contributed by atoms with van der Waals surface area (Å²) in [6.45, 7) is 8.75. The van der Waals surface area contributed by atoms with Gasteiger partial charge in [-0.15, -0.1) is 0 Å². The first-order valence-corrected chi connectivity index (χ1v) is 11.6. The Labute approximate surface area is 186 Å². The Kier molecular flexibility index (Phi) is 6.56. The van der Waals surface area contributed by atoms with Crippen LogP contribution in [0.2, 0.25) is 0 Å². The molecular formula is C25H35N5O. The summed E-state index contributed by atoms with van der Waals surface area (Å²) >= 11 is 0. The first-order chi connectivity index (χ1) is 15.0. The second-order valence-corrected chi connectivity index (χ2v) is 9.35. The van der Waals surface area contributed by atoms with Crippen LogP contribution in [0.15, 0.2) is 30.3 Å². The number of carbonyl (C=O) groups excluding carboxylic acids is 1. The molecule has 6 heteroatoms. The number of rotatable bonds is 5. The van der Waals surface area contributed by atoms with Crippen LogP contribution < -0.4 is 5.32 Å². The third-order valence-corrected chi connectivity index (χ3v) is 6.72. The van der Waals surface area contributed by atoms with Crippen molar-refractivity contribution in [1.29, 1.82) is 0 Å². The zero-order chi connectivity index (χ0) is 21.8. The quantitative estimate of drug-likeness (QED) is 0.790. The Morgan fingerprint density at radius 3 is 2.65 bits per heavy atom. The SMILES string of the molecule is CNc1cc(C)nc(C2(C)CCCN(C(=O)c3ccccc3CN3CCCCC3)C2)n1. The Morgan fingerprint density at radius 1 is 1.10 bits per heavy atom. The van der Waals surface area contributed by atoms with E-state index in [0.29, 0.717) is 6.54 Å². The lowest BCUT2D eigenvalue weighted by Gasteiger charge is -2.40. The van der Waals surface area contributed by atoms with Gasteiger partial charge in [0.2, 0.25) is 0 Å². The fourth-order valence-corrected chi connectivity index (χ4v) is 4.96. The molecule has 0 bridgehead atoms. The summed E-state index contributed by atoms with van der Waals surface area (Å²) in [5.74, 6) is 1.80. The number of anilines is 1. The Morgan fingerprint density at radius 2 is 1.87 bits per heavy atom. The summed E-state index contributed by atoms with van der Waals surface area (Å²) in [6.07, 6.45) is 5.78. The largest absolute Gasteiger partial charge is 0.373 e. The number of amides is 1. The van der Waals surface area contributed by atoms with Crippen molar-refractivity contribution in [3.63, 3.8) is 0 Å². The molecule has 3 heterocycles. The summed E-state index contributed by atoms with van der Waals surface area (Å²) in [5.41, 5.74) is 2.70. The van der Waals surface area contributed by atoms with Gasteiger partial charge in [0.1, 0.15) is 11.6 Å². The van der Waals surface area contributed by atoms with Crippen LogP contribution in [-0.4, -0.2) is 58.9 Å². The number of carbonyl (C=O) groups is 1. The van der Waals surface area contributed by atoms with Gasteiger partial charge in [-0.25, -0.2) is 9.97 Å². The Hall–Kier alpha value is -2.47. The molecule has 2 aromatic rings. The van der Waals surface area contributed by atoms with Crippen LogP contribution in [0.4, 0.5) is 5.82 Å². The molecule has 6 nitrogen and oxygen atoms in total. The number of aryl methyl sites for hydroxylation is 1. The smallest absolute Gasteiger partial charge is 0.254 e. The van der Waals surface area contributed by atoms with Crippen LogP contribution in [0.3, 0.4) is 0 Å². The molecule has 0 spiro atoms. The van der Waals surface area contributed by atoms with Crippen molar-refractivity contribution in [2.45, 2.75) is 57.9 Å². The highest BCUT2D eigenvalue weighted by Crippen LogP contribution is 2.33. The van der Waals surface area contributed by atoms with E-state index in [1.807, 2.05) is 37.1 Å². The molecule has 1 N–H and O–H groups in total. The molecule has 1 amide bonds. The van der Waals surface area contributed by atoms with Gasteiger partial charge in [0.15, 0.2) is 0 Å². The molecule has 31 heavy (non-hydrogen) atoms. The molecular weight excluding hydrogens is 386 g/mol. The van der Waals surface area contributed by atoms with Crippen LogP contribution in [0.25, 0.3) is 0 Å². The summed E-state index contributed by atoms with van der Waals surface area (Å²) in [7, 11) is 1.88. The molecule has 166 valence electrons. The lowest BCUT2D eigenvalue weighted by Crippen LogP contribution is -2.48. The minimum absolute atomic E-state index is 0.139. The van der Waals surface area contributed by atoms with Crippen molar-refractivity contribution in [2.75, 3.05) is 38.5 Å². The average molecular weight is 422 g/mol. The maximum Gasteiger partial charge on any atom is 0.254 e. The second-order valence-electron chi connectivity index (χ2n) is 9.35. The number of benzene rings is 1. The second kappa shape index (κ2) is 9.35. The molecule has 1 atom stereocenters. The highest BCUT2D eigenvalue weighted by atomic mass is 16.2. The topological polar surface area (TPSA) is 61.4 Å². The molecule has 0 saturated carbocycles. The fourth-order valence-electron chi connectivity index (χ4n) is 4.96. The van der Waals surface area contributed by atoms with Crippen molar-refractivity contribution >= 4 is 11.7 Å². The van der Waals surface area contributed by atoms with E-state index in [1.54, 1.807) is 0 Å². The van der Waals surface area contributed by atoms with Gasteiger partial charge in [-0.3, -0.25) is 9.69 Å². The average Bonchev–Trinajstić information content (AvgIpc) is 2.79. The Balaban J connectivity index is 1.55. The molecule has 0 aliphatic carbocycles. The van der Waals surface area contributed by atoms with Gasteiger partial charge >= 0.3 is 0 Å². The number of likely N-dealkylation sites (tertiary alicyclic amines) is 2. The van der Waals surface area contributed by atoms with Crippen molar-refractivity contribution in [2.24, 2.45) is 0 Å². The van der Waals surface area contributed by atoms with Crippen LogP contribution in [0.1, 0.15) is 66.5 Å². The van der Waals surface area contributed by atoms with E-state index in [-0.39, 0.29) is 11.3 Å². The van der Waals surface area contributed by atoms with Crippen molar-refractivity contribution < 1.29 is 4.79 Å². The molecule has 1 aromatic carbocycles. The van der Waals surface area contributed by atoms with E-state index in [9.17, 15) is 4.79 Å². The van der Waals surface area contributed by atoms with Gasteiger partial charge in [0.25, 0.3) is 5.91 Å². The predicted molar refractivity (Wildman–Crippen MR) is 124 cm³/mol. The van der Waals surface area contributed by atoms with Crippen LogP contribution in [-0.2, 0) is 12.0 Å². The van der Waals surface area contributed by atoms with E-state index < -0.39 is 0 Å². The van der Waals surface area contributed by atoms with Gasteiger partial charge in [0, 0.05) is 49.4 Å². The summed E-state index contributed by atoms with van der Waals surface area (Å²) < 4.78 is 0. The Bertz CT molecular complexity index is 924. The monoisotopic (exact) mass is 421 g/mol. The summed E-state index contributed by atoms with van der Waals surface area (Å²) in [6, 6.07) is 10.1. The van der Waals surface area contributed by atoms with Crippen LogP contribution >= 0.6 is 0 Å². The normalized spacial score (nSPS) is 22.4. The lowest BCUT2D eigenvalue weighted by molar-refractivity contribution is 0.0641. The molecule has 2 aliphatic heterocycles. The number of hydrogen-bond acceptors (Lipinski definition) is 5. The van der Waals surface area contributed by atoms with Gasteiger partial charge in [-0.2, -0.15) is 0 Å². The van der Waals surface area contributed by atoms with E-state index in [1.165, 1.54) is 19.3 Å². The van der Waals surface area contributed by atoms with Crippen molar-refractivity contribution in [3.8, 4) is 0 Å². The van der Waals surface area contributed by atoms with Crippen LogP contribution in [0.5, 0.6) is 0 Å². The first-order valence-electron chi connectivity index (χ1n) is 11.6. The van der Waals surface area contributed by atoms with Gasteiger partial charge in [-0.1, -0.05) is 31.5 Å². The third-order valence-electron chi connectivity index (χ3n) is 6.72. The zero-order valence-electron chi connectivity index (χ0n) is 19.2. The molecule has 2 saturated heterocycles. The van der Waals surface area contributed by atoms with Gasteiger partial charge in [0.05, 0.1) is 0 Å². The molecule has 2 fully saturated rings. The molecule has 1 unspecified atom stereocenters. The number of nitrogens with one attached hydrogen (secondary N) is 1. The molecule has 2 aliphatic rings. The lowest BCUT2D eigenvalue weighted by atomic mass is 9.80. The van der Waals surface area contributed by atoms with Gasteiger partial charge in [-0.05, 0) is 57.3 Å². The van der Waals surface area contributed by atoms with E-state index in [4.69, 9.17) is 9.97 Å². The molecule has 1 aromatic heterocycles. The molecule has 0 radical (unpaired) electrons. The summed E-state index contributed by atoms with van der Waals surface area (Å²) in [4.78, 5) is 27.6. The number of aromatic nitrogens is 2. The van der Waals surface area contributed by atoms with E-state index in [0.717, 1.165) is 67.5 Å². The zero-order valence-corrected chi connectivity index (χ0v) is 19.2. The van der Waals surface area contributed by atoms with Crippen LogP contribution in [0, 0.1) is 6.92 Å². The minimum Gasteiger partial charge on any atom is -0.373 e. The highest BCUT2D eigenvalue weighted by molar-refractivity contribution is 5.95. The maximum absolute atomic E-state index is 13.6. The molecule has 4 rings (SSSR count). The van der Waals surface area contributed by atoms with Crippen molar-refractivity contribution in [3.05, 3.63) is 53.0 Å². The number of piperidine rings is 2. The standard InChI is InChI=1S/C25H35N5O/c1-19-16-22(26-3)28-24(27-19)25(2)12-9-15-30(18-25)23(31)21-11-6-5-10-20(21)17-29-13-7-4-8-14-29/h5-6,10-11,16H,4,7-9,12-15,17-18H2,1-3H3,(H,26,27,28). The number of nitrogens with zero attached hydrogens (tertiary/aromatic N) is 4. The van der Waals surface area contributed by atoms with E-state index >= 15 is 0 Å². The van der Waals surface area contributed by atoms with Crippen molar-refractivity contribution in [1.82, 2.24) is 19.8 Å². The number of hydrogen-bond donors (Lipinski definition) is 1. The summed E-state index contributed by atoms with van der Waals surface area (Å²) in [5, 5.41) is 3.13. The highest BCUT2D eigenvalue weighted by Gasteiger charge is 2.38. The fraction of sp³-hybridized carbons (Fsp3) is 0.560. The minimum atomic E-state index is -0.243. The predicted octanol–water partition coefficient (Wildman–Crippen LogP) is 4.01. The first kappa shape index (κ1) is 21.8.